The lowest BCUT2D eigenvalue weighted by atomic mass is 9.97. The van der Waals surface area contributed by atoms with Gasteiger partial charge in [-0.05, 0) is 73.2 Å². The summed E-state index contributed by atoms with van der Waals surface area (Å²) in [6.45, 7) is 0.430. The Bertz CT molecular complexity index is 1270. The lowest BCUT2D eigenvalue weighted by Gasteiger charge is -2.16. The molecule has 2 heterocycles. The molecule has 41 heavy (non-hydrogen) atoms. The first-order valence-corrected chi connectivity index (χ1v) is 12.0. The lowest BCUT2D eigenvalue weighted by Crippen LogP contribution is -2.15. The van der Waals surface area contributed by atoms with Crippen LogP contribution < -0.4 is 11.5 Å². The summed E-state index contributed by atoms with van der Waals surface area (Å²) in [6.07, 6.45) is -13.3. The molecule has 2 aromatic carbocycles. The Morgan fingerprint density at radius 3 is 1.68 bits per heavy atom. The van der Waals surface area contributed by atoms with Gasteiger partial charge >= 0.3 is 18.5 Å². The van der Waals surface area contributed by atoms with Crippen molar-refractivity contribution in [1.82, 2.24) is 0 Å². The van der Waals surface area contributed by atoms with Crippen LogP contribution in [0.15, 0.2) is 46.4 Å². The highest BCUT2D eigenvalue weighted by Crippen LogP contribution is 2.37. The minimum Gasteiger partial charge on any atom is -0.463 e. The average molecular weight is 602 g/mol. The fraction of sp³-hybridized carbons (Fsp3) is 0.440. The lowest BCUT2D eigenvalue weighted by molar-refractivity contribution is -0.141. The van der Waals surface area contributed by atoms with E-state index < -0.39 is 52.6 Å². The van der Waals surface area contributed by atoms with Crippen molar-refractivity contribution in [2.75, 3.05) is 13.2 Å². The third kappa shape index (κ3) is 9.42. The predicted octanol–water partition coefficient (Wildman–Crippen LogP) is 5.86. The Kier molecular flexibility index (Phi) is 9.64. The first kappa shape index (κ1) is 31.8. The maximum atomic E-state index is 13.1. The van der Waals surface area contributed by atoms with Gasteiger partial charge in [0.05, 0.1) is 28.8 Å². The first-order chi connectivity index (χ1) is 18.9. The van der Waals surface area contributed by atoms with Crippen LogP contribution in [-0.4, -0.2) is 37.3 Å². The van der Waals surface area contributed by atoms with Crippen LogP contribution in [0, 0.1) is 5.82 Å². The number of hydrogen-bond acceptors (Lipinski definition) is 6. The van der Waals surface area contributed by atoms with Crippen LogP contribution in [0.5, 0.6) is 0 Å². The molecule has 0 fully saturated rings. The van der Waals surface area contributed by atoms with Gasteiger partial charge in [0.2, 0.25) is 0 Å². The van der Waals surface area contributed by atoms with E-state index in [1.165, 1.54) is 0 Å². The number of rotatable bonds is 6. The molecule has 0 saturated heterocycles. The van der Waals surface area contributed by atoms with Crippen LogP contribution in [0.4, 0.5) is 43.9 Å². The van der Waals surface area contributed by atoms with Gasteiger partial charge in [-0.25, -0.2) is 14.4 Å². The van der Waals surface area contributed by atoms with E-state index in [9.17, 15) is 43.9 Å². The maximum absolute atomic E-state index is 13.1. The Morgan fingerprint density at radius 2 is 1.22 bits per heavy atom. The normalized spacial score (nSPS) is 19.1. The number of nitrogens with two attached hydrogens (primary N) is 2. The monoisotopic (exact) mass is 602 g/mol. The third-order valence-electron chi connectivity index (χ3n) is 6.00. The van der Waals surface area contributed by atoms with E-state index in [-0.39, 0.29) is 49.5 Å². The second-order valence-corrected chi connectivity index (χ2v) is 9.16. The number of aryl methyl sites for hydroxylation is 2. The number of halogens is 10. The first-order valence-electron chi connectivity index (χ1n) is 12.0. The highest BCUT2D eigenvalue weighted by Gasteiger charge is 2.37. The fourth-order valence-corrected chi connectivity index (χ4v) is 4.04. The average Bonchev–Trinajstić information content (AvgIpc) is 3.47. The summed E-state index contributed by atoms with van der Waals surface area (Å²) in [6, 6.07) is 3.34. The van der Waals surface area contributed by atoms with Crippen molar-refractivity contribution in [3.8, 4) is 0 Å². The molecule has 0 spiro atoms. The SMILES string of the molecule is NC1=N[C@@H](CCc2cc(C(F)(F)F)ccc2C(F)(F)F)CO1.NC1=N[C@@H](CCc2cc(F)cc(C(F)(F)F)c2)CO1. The smallest absolute Gasteiger partial charge is 0.416 e. The van der Waals surface area contributed by atoms with Gasteiger partial charge in [-0.3, -0.25) is 0 Å². The molecule has 6 nitrogen and oxygen atoms in total. The molecule has 0 aliphatic carbocycles. The second kappa shape index (κ2) is 12.4. The second-order valence-electron chi connectivity index (χ2n) is 9.16. The van der Waals surface area contributed by atoms with E-state index in [0.29, 0.717) is 37.3 Å². The summed E-state index contributed by atoms with van der Waals surface area (Å²) in [5.74, 6) is -0.893. The standard InChI is InChI=1S/C13H12F6N2O.C12H12F4N2O/c14-12(15,16)8-2-4-10(13(17,18)19)7(5-8)1-3-9-6-22-11(20)21-9;13-9-4-7(3-8(5-9)12(14,15)16)1-2-10-6-19-11(17)18-10/h2,4-5,9H,1,3,6H2,(H2,20,21);3-5,10H,1-2,6H2,(H2,17,18)/t9-;10-/m00/s1. The number of amidine groups is 2. The van der Waals surface area contributed by atoms with Crippen molar-refractivity contribution in [2.45, 2.75) is 56.3 Å². The predicted molar refractivity (Wildman–Crippen MR) is 127 cm³/mol. The molecule has 16 heteroatoms. The Balaban J connectivity index is 0.000000228. The van der Waals surface area contributed by atoms with Crippen molar-refractivity contribution in [1.29, 1.82) is 0 Å². The van der Waals surface area contributed by atoms with Gasteiger partial charge in [-0.1, -0.05) is 0 Å². The van der Waals surface area contributed by atoms with Gasteiger partial charge in [0.1, 0.15) is 19.0 Å². The number of alkyl halides is 9. The molecule has 0 aromatic heterocycles. The summed E-state index contributed by atoms with van der Waals surface area (Å²) in [7, 11) is 0. The molecular formula is C25H24F10N4O2. The van der Waals surface area contributed by atoms with Gasteiger partial charge in [-0.2, -0.15) is 39.5 Å². The molecule has 0 saturated carbocycles. The van der Waals surface area contributed by atoms with Crippen molar-refractivity contribution in [2.24, 2.45) is 21.5 Å². The van der Waals surface area contributed by atoms with E-state index >= 15 is 0 Å². The summed E-state index contributed by atoms with van der Waals surface area (Å²) in [4.78, 5) is 7.79. The molecule has 0 unspecified atom stereocenters. The number of hydrogen-bond donors (Lipinski definition) is 2. The summed E-state index contributed by atoms with van der Waals surface area (Å²) in [5, 5.41) is 0. The van der Waals surface area contributed by atoms with Crippen LogP contribution in [0.1, 0.15) is 40.7 Å². The van der Waals surface area contributed by atoms with Gasteiger partial charge in [-0.15, -0.1) is 0 Å². The van der Waals surface area contributed by atoms with Crippen molar-refractivity contribution >= 4 is 12.0 Å². The molecule has 4 rings (SSSR count). The quantitative estimate of drug-likeness (QED) is 0.405. The number of nitrogens with zero attached hydrogens (tertiary/aromatic N) is 2. The van der Waals surface area contributed by atoms with Crippen molar-refractivity contribution in [3.63, 3.8) is 0 Å². The zero-order valence-electron chi connectivity index (χ0n) is 21.0. The van der Waals surface area contributed by atoms with E-state index in [1.54, 1.807) is 0 Å². The Morgan fingerprint density at radius 1 is 0.683 bits per heavy atom. The van der Waals surface area contributed by atoms with Crippen LogP contribution in [0.2, 0.25) is 0 Å². The third-order valence-corrected chi connectivity index (χ3v) is 6.00. The maximum Gasteiger partial charge on any atom is 0.416 e. The molecule has 226 valence electrons. The van der Waals surface area contributed by atoms with Gasteiger partial charge in [0, 0.05) is 0 Å². The molecule has 2 aliphatic rings. The van der Waals surface area contributed by atoms with Crippen molar-refractivity contribution in [3.05, 3.63) is 70.0 Å². The van der Waals surface area contributed by atoms with Crippen LogP contribution in [0.3, 0.4) is 0 Å². The topological polar surface area (TPSA) is 95.2 Å². The Hall–Kier alpha value is -3.72. The highest BCUT2D eigenvalue weighted by molar-refractivity contribution is 5.73. The molecule has 2 aromatic rings. The highest BCUT2D eigenvalue weighted by atomic mass is 19.4. The minimum atomic E-state index is -4.71. The van der Waals surface area contributed by atoms with E-state index in [1.807, 2.05) is 0 Å². The minimum absolute atomic E-state index is 0.0647. The molecule has 0 amide bonds. The molecule has 2 aliphatic heterocycles. The molecule has 4 N–H and O–H groups in total. The zero-order valence-corrected chi connectivity index (χ0v) is 21.0. The number of aliphatic imine (C=N–C) groups is 2. The number of ether oxygens (including phenoxy) is 2. The van der Waals surface area contributed by atoms with E-state index in [0.717, 1.165) is 12.1 Å². The molecule has 0 radical (unpaired) electrons. The number of benzene rings is 2. The van der Waals surface area contributed by atoms with Gasteiger partial charge < -0.3 is 20.9 Å². The Labute approximate surface area is 227 Å². The zero-order chi connectivity index (χ0) is 30.6. The van der Waals surface area contributed by atoms with Gasteiger partial charge in [0.25, 0.3) is 12.0 Å². The fourth-order valence-electron chi connectivity index (χ4n) is 4.04. The van der Waals surface area contributed by atoms with Crippen molar-refractivity contribution < 1.29 is 53.4 Å². The van der Waals surface area contributed by atoms with E-state index in [4.69, 9.17) is 20.9 Å². The molecule has 0 bridgehead atoms. The van der Waals surface area contributed by atoms with Crippen LogP contribution in [0.25, 0.3) is 0 Å². The van der Waals surface area contributed by atoms with Gasteiger partial charge in [0.15, 0.2) is 0 Å². The summed E-state index contributed by atoms with van der Waals surface area (Å²) < 4.78 is 137. The van der Waals surface area contributed by atoms with Crippen LogP contribution >= 0.6 is 0 Å². The van der Waals surface area contributed by atoms with E-state index in [2.05, 4.69) is 9.98 Å². The largest absolute Gasteiger partial charge is 0.463 e. The summed E-state index contributed by atoms with van der Waals surface area (Å²) in [5.41, 5.74) is 7.30. The molecule has 2 atom stereocenters. The molecular weight excluding hydrogens is 578 g/mol. The summed E-state index contributed by atoms with van der Waals surface area (Å²) >= 11 is 0. The van der Waals surface area contributed by atoms with Crippen LogP contribution in [-0.2, 0) is 40.8 Å².